The van der Waals surface area contributed by atoms with Gasteiger partial charge in [-0.15, -0.1) is 0 Å². The van der Waals surface area contributed by atoms with Crippen molar-refractivity contribution in [3.63, 3.8) is 0 Å². The molecule has 156 valence electrons. The van der Waals surface area contributed by atoms with Gasteiger partial charge in [0, 0.05) is 13.1 Å². The molecular weight excluding hydrogens is 396 g/mol. The maximum atomic E-state index is 12.8. The fraction of sp³-hybridized carbons (Fsp3) is 0.400. The largest absolute Gasteiger partial charge is 0.467 e. The molecule has 2 heterocycles. The molecule has 0 aliphatic carbocycles. The Morgan fingerprint density at radius 3 is 2.62 bits per heavy atom. The Bertz CT molecular complexity index is 949. The number of nitrogens with one attached hydrogen (secondary N) is 1. The molecule has 1 atom stereocenters. The van der Waals surface area contributed by atoms with E-state index in [0.717, 1.165) is 19.3 Å². The van der Waals surface area contributed by atoms with Crippen LogP contribution in [0.5, 0.6) is 0 Å². The highest BCUT2D eigenvalue weighted by Gasteiger charge is 2.27. The van der Waals surface area contributed by atoms with E-state index in [1.165, 1.54) is 41.8 Å². The van der Waals surface area contributed by atoms with Gasteiger partial charge in [-0.25, -0.2) is 13.2 Å². The highest BCUT2D eigenvalue weighted by molar-refractivity contribution is 7.89. The van der Waals surface area contributed by atoms with Crippen LogP contribution in [-0.4, -0.2) is 43.8 Å². The van der Waals surface area contributed by atoms with Crippen LogP contribution in [0.3, 0.4) is 0 Å². The molecule has 3 rings (SSSR count). The lowest BCUT2D eigenvalue weighted by Gasteiger charge is -2.26. The fourth-order valence-corrected chi connectivity index (χ4v) is 4.61. The number of carbonyl (C=O) groups excluding carboxylic acids is 2. The number of esters is 1. The van der Waals surface area contributed by atoms with Crippen molar-refractivity contribution in [2.24, 2.45) is 0 Å². The number of furan rings is 1. The van der Waals surface area contributed by atoms with Gasteiger partial charge in [-0.3, -0.25) is 4.79 Å². The van der Waals surface area contributed by atoms with E-state index < -0.39 is 28.0 Å². The second-order valence-electron chi connectivity index (χ2n) is 6.84. The molecule has 8 nitrogen and oxygen atoms in total. The van der Waals surface area contributed by atoms with E-state index in [0.29, 0.717) is 18.8 Å². The maximum Gasteiger partial charge on any atom is 0.338 e. The minimum atomic E-state index is -3.66. The van der Waals surface area contributed by atoms with Gasteiger partial charge in [-0.1, -0.05) is 12.5 Å². The first kappa shape index (κ1) is 21.1. The van der Waals surface area contributed by atoms with Crippen molar-refractivity contribution in [1.29, 1.82) is 0 Å². The molecule has 1 aromatic heterocycles. The Labute approximate surface area is 169 Å². The highest BCUT2D eigenvalue weighted by Crippen LogP contribution is 2.21. The number of amides is 1. The topological polar surface area (TPSA) is 106 Å². The molecule has 1 amide bonds. The SMILES string of the molecule is C[C@H](OC(=O)c1cccc(S(=O)(=O)N2CCCCC2)c1)C(=O)NCc1ccco1. The van der Waals surface area contributed by atoms with Crippen molar-refractivity contribution in [3.8, 4) is 0 Å². The minimum Gasteiger partial charge on any atom is -0.467 e. The Kier molecular flexibility index (Phi) is 6.71. The molecule has 1 aliphatic heterocycles. The van der Waals surface area contributed by atoms with Gasteiger partial charge in [0.05, 0.1) is 23.3 Å². The van der Waals surface area contributed by atoms with Crippen LogP contribution in [0.2, 0.25) is 0 Å². The molecule has 9 heteroatoms. The number of carbonyl (C=O) groups is 2. The Morgan fingerprint density at radius 1 is 1.17 bits per heavy atom. The molecule has 0 spiro atoms. The van der Waals surface area contributed by atoms with E-state index in [4.69, 9.17) is 9.15 Å². The zero-order valence-corrected chi connectivity index (χ0v) is 17.0. The number of benzene rings is 1. The average molecular weight is 420 g/mol. The summed E-state index contributed by atoms with van der Waals surface area (Å²) in [5.41, 5.74) is 0.0776. The average Bonchev–Trinajstić information content (AvgIpc) is 3.26. The third-order valence-corrected chi connectivity index (χ3v) is 6.59. The molecule has 0 saturated carbocycles. The van der Waals surface area contributed by atoms with Gasteiger partial charge in [0.2, 0.25) is 10.0 Å². The van der Waals surface area contributed by atoms with Crippen LogP contribution in [0.4, 0.5) is 0 Å². The Morgan fingerprint density at radius 2 is 1.93 bits per heavy atom. The summed E-state index contributed by atoms with van der Waals surface area (Å²) < 4.78 is 37.3. The zero-order valence-electron chi connectivity index (χ0n) is 16.2. The summed E-state index contributed by atoms with van der Waals surface area (Å²) in [4.78, 5) is 24.6. The molecular formula is C20H24N2O6S. The van der Waals surface area contributed by atoms with Crippen molar-refractivity contribution >= 4 is 21.9 Å². The molecule has 0 unspecified atom stereocenters. The number of sulfonamides is 1. The van der Waals surface area contributed by atoms with Crippen molar-refractivity contribution < 1.29 is 27.2 Å². The summed E-state index contributed by atoms with van der Waals surface area (Å²) in [7, 11) is -3.66. The van der Waals surface area contributed by atoms with Gasteiger partial charge in [0.15, 0.2) is 6.10 Å². The normalized spacial score (nSPS) is 16.2. The van der Waals surface area contributed by atoms with Crippen LogP contribution < -0.4 is 5.32 Å². The fourth-order valence-electron chi connectivity index (χ4n) is 3.05. The predicted octanol–water partition coefficient (Wildman–Crippen LogP) is 2.32. The molecule has 1 aliphatic rings. The molecule has 2 aromatic rings. The molecule has 29 heavy (non-hydrogen) atoms. The number of nitrogens with zero attached hydrogens (tertiary/aromatic N) is 1. The lowest BCUT2D eigenvalue weighted by Crippen LogP contribution is -2.36. The van der Waals surface area contributed by atoms with Crippen molar-refractivity contribution in [2.75, 3.05) is 13.1 Å². The molecule has 1 aromatic carbocycles. The number of hydrogen-bond donors (Lipinski definition) is 1. The van der Waals surface area contributed by atoms with E-state index in [1.54, 1.807) is 12.1 Å². The van der Waals surface area contributed by atoms with Gasteiger partial charge < -0.3 is 14.5 Å². The molecule has 1 fully saturated rings. The van der Waals surface area contributed by atoms with Crippen molar-refractivity contribution in [1.82, 2.24) is 9.62 Å². The van der Waals surface area contributed by atoms with E-state index in [1.807, 2.05) is 0 Å². The summed E-state index contributed by atoms with van der Waals surface area (Å²) >= 11 is 0. The number of hydrogen-bond acceptors (Lipinski definition) is 6. The molecule has 1 saturated heterocycles. The second-order valence-corrected chi connectivity index (χ2v) is 8.78. The minimum absolute atomic E-state index is 0.0452. The van der Waals surface area contributed by atoms with E-state index in [9.17, 15) is 18.0 Å². The van der Waals surface area contributed by atoms with Gasteiger partial charge in [-0.05, 0) is 50.1 Å². The smallest absolute Gasteiger partial charge is 0.338 e. The summed E-state index contributed by atoms with van der Waals surface area (Å²) in [6.45, 7) is 2.58. The second kappa shape index (κ2) is 9.23. The summed E-state index contributed by atoms with van der Waals surface area (Å²) in [6.07, 6.45) is 3.12. The molecule has 0 radical (unpaired) electrons. The van der Waals surface area contributed by atoms with Crippen LogP contribution in [0, 0.1) is 0 Å². The molecule has 1 N–H and O–H groups in total. The number of ether oxygens (including phenoxy) is 1. The van der Waals surface area contributed by atoms with Crippen LogP contribution in [0.1, 0.15) is 42.3 Å². The van der Waals surface area contributed by atoms with Gasteiger partial charge in [0.1, 0.15) is 5.76 Å². The van der Waals surface area contributed by atoms with Crippen LogP contribution in [-0.2, 0) is 26.1 Å². The summed E-state index contributed by atoms with van der Waals surface area (Å²) in [5, 5.41) is 2.61. The first-order valence-corrected chi connectivity index (χ1v) is 10.9. The van der Waals surface area contributed by atoms with E-state index >= 15 is 0 Å². The number of piperidine rings is 1. The summed E-state index contributed by atoms with van der Waals surface area (Å²) in [5.74, 6) is -0.666. The van der Waals surface area contributed by atoms with Gasteiger partial charge in [0.25, 0.3) is 5.91 Å². The first-order valence-electron chi connectivity index (χ1n) is 9.49. The highest BCUT2D eigenvalue weighted by atomic mass is 32.2. The Balaban J connectivity index is 1.63. The monoisotopic (exact) mass is 420 g/mol. The van der Waals surface area contributed by atoms with Crippen molar-refractivity contribution in [2.45, 2.75) is 43.7 Å². The third kappa shape index (κ3) is 5.24. The quantitative estimate of drug-likeness (QED) is 0.689. The van der Waals surface area contributed by atoms with E-state index in [2.05, 4.69) is 5.32 Å². The van der Waals surface area contributed by atoms with Crippen LogP contribution >= 0.6 is 0 Å². The lowest BCUT2D eigenvalue weighted by atomic mass is 10.2. The number of rotatable bonds is 7. The third-order valence-electron chi connectivity index (χ3n) is 4.69. The predicted molar refractivity (Wildman–Crippen MR) is 104 cm³/mol. The van der Waals surface area contributed by atoms with Gasteiger partial charge >= 0.3 is 5.97 Å². The lowest BCUT2D eigenvalue weighted by molar-refractivity contribution is -0.129. The first-order chi connectivity index (χ1) is 13.9. The van der Waals surface area contributed by atoms with E-state index in [-0.39, 0.29) is 17.0 Å². The standard InChI is InChI=1S/C20H24N2O6S/c1-15(19(23)21-14-17-8-6-12-27-17)28-20(24)16-7-5-9-18(13-16)29(25,26)22-10-3-2-4-11-22/h5-9,12-13,15H,2-4,10-11,14H2,1H3,(H,21,23)/t15-/m0/s1. The molecule has 0 bridgehead atoms. The van der Waals surface area contributed by atoms with Gasteiger partial charge in [-0.2, -0.15) is 4.31 Å². The van der Waals surface area contributed by atoms with Crippen LogP contribution in [0.15, 0.2) is 52.0 Å². The maximum absolute atomic E-state index is 12.8. The summed E-state index contributed by atoms with van der Waals surface area (Å²) in [6, 6.07) is 9.13. The van der Waals surface area contributed by atoms with Crippen LogP contribution in [0.25, 0.3) is 0 Å². The zero-order chi connectivity index (χ0) is 20.9. The Hall–Kier alpha value is -2.65. The van der Waals surface area contributed by atoms with Crippen molar-refractivity contribution in [3.05, 3.63) is 54.0 Å².